The third-order valence-electron chi connectivity index (χ3n) is 4.63. The van der Waals surface area contributed by atoms with Crippen LogP contribution < -0.4 is 4.90 Å². The van der Waals surface area contributed by atoms with Gasteiger partial charge in [-0.3, -0.25) is 9.59 Å². The number of carbonyl (C=O) groups is 2. The second kappa shape index (κ2) is 8.11. The molecule has 0 saturated heterocycles. The van der Waals surface area contributed by atoms with E-state index in [4.69, 9.17) is 23.2 Å². The second-order valence-electron chi connectivity index (χ2n) is 6.35. The van der Waals surface area contributed by atoms with Crippen LogP contribution in [0.4, 0.5) is 5.69 Å². The summed E-state index contributed by atoms with van der Waals surface area (Å²) in [6.07, 6.45) is 1.13. The van der Waals surface area contributed by atoms with E-state index in [9.17, 15) is 9.59 Å². The zero-order chi connectivity index (χ0) is 18.7. The lowest BCUT2D eigenvalue weighted by Crippen LogP contribution is -2.39. The molecule has 26 heavy (non-hydrogen) atoms. The van der Waals surface area contributed by atoms with Gasteiger partial charge >= 0.3 is 0 Å². The topological polar surface area (TPSA) is 40.6 Å². The van der Waals surface area contributed by atoms with Gasteiger partial charge in [-0.1, -0.05) is 47.5 Å². The molecule has 1 heterocycles. The maximum absolute atomic E-state index is 12.6. The maximum Gasteiger partial charge on any atom is 0.224 e. The van der Waals surface area contributed by atoms with Crippen LogP contribution in [0.5, 0.6) is 0 Å². The molecule has 0 N–H and O–H groups in total. The van der Waals surface area contributed by atoms with Gasteiger partial charge in [0.15, 0.2) is 0 Å². The number of hydrogen-bond acceptors (Lipinski definition) is 2. The normalized spacial score (nSPS) is 13.3. The smallest absolute Gasteiger partial charge is 0.224 e. The van der Waals surface area contributed by atoms with E-state index in [0.717, 1.165) is 6.42 Å². The monoisotopic (exact) mass is 390 g/mol. The zero-order valence-electron chi connectivity index (χ0n) is 14.5. The number of nitrogens with zero attached hydrogens (tertiary/aromatic N) is 2. The minimum atomic E-state index is -0.139. The molecule has 0 bridgehead atoms. The summed E-state index contributed by atoms with van der Waals surface area (Å²) < 4.78 is 0. The molecule has 1 aliphatic rings. The average Bonchev–Trinajstić information content (AvgIpc) is 2.64. The van der Waals surface area contributed by atoms with E-state index in [1.54, 1.807) is 23.1 Å². The fourth-order valence-electron chi connectivity index (χ4n) is 3.20. The first kappa shape index (κ1) is 18.7. The largest absolute Gasteiger partial charge is 0.338 e. The molecule has 3 rings (SSSR count). The van der Waals surface area contributed by atoms with E-state index in [2.05, 4.69) is 12.1 Å². The highest BCUT2D eigenvalue weighted by atomic mass is 35.5. The first-order valence-electron chi connectivity index (χ1n) is 8.53. The van der Waals surface area contributed by atoms with Gasteiger partial charge in [0.25, 0.3) is 0 Å². The molecular weight excluding hydrogens is 371 g/mol. The molecule has 2 aromatic carbocycles. The van der Waals surface area contributed by atoms with Crippen LogP contribution in [0.2, 0.25) is 10.0 Å². The minimum absolute atomic E-state index is 0.0470. The first-order chi connectivity index (χ1) is 12.5. The Balaban J connectivity index is 1.65. The van der Waals surface area contributed by atoms with Crippen LogP contribution in [0.15, 0.2) is 42.5 Å². The highest BCUT2D eigenvalue weighted by Gasteiger charge is 2.22. The van der Waals surface area contributed by atoms with E-state index in [0.29, 0.717) is 35.4 Å². The lowest BCUT2D eigenvalue weighted by molar-refractivity contribution is -0.131. The van der Waals surface area contributed by atoms with Crippen molar-refractivity contribution >= 4 is 40.7 Å². The molecule has 0 atom stereocenters. The molecule has 0 aromatic heterocycles. The molecular formula is C20H20Cl2N2O2. The van der Waals surface area contributed by atoms with E-state index in [1.165, 1.54) is 18.1 Å². The van der Waals surface area contributed by atoms with Gasteiger partial charge in [0.1, 0.15) is 0 Å². The Labute approximate surface area is 163 Å². The molecule has 0 unspecified atom stereocenters. The summed E-state index contributed by atoms with van der Waals surface area (Å²) in [6.45, 7) is 3.12. The maximum atomic E-state index is 12.6. The van der Waals surface area contributed by atoms with E-state index in [-0.39, 0.29) is 18.2 Å². The molecule has 4 nitrogen and oxygen atoms in total. The van der Waals surface area contributed by atoms with E-state index >= 15 is 0 Å². The summed E-state index contributed by atoms with van der Waals surface area (Å²) in [5.74, 6) is -0.0917. The van der Waals surface area contributed by atoms with Crippen LogP contribution in [-0.4, -0.2) is 29.8 Å². The van der Waals surface area contributed by atoms with Gasteiger partial charge in [0, 0.05) is 38.7 Å². The van der Waals surface area contributed by atoms with Gasteiger partial charge in [0.2, 0.25) is 11.8 Å². The zero-order valence-corrected chi connectivity index (χ0v) is 16.1. The van der Waals surface area contributed by atoms with E-state index < -0.39 is 0 Å². The van der Waals surface area contributed by atoms with E-state index in [1.807, 2.05) is 17.0 Å². The van der Waals surface area contributed by atoms with Gasteiger partial charge < -0.3 is 9.80 Å². The predicted octanol–water partition coefficient (Wildman–Crippen LogP) is 4.32. The number of halogens is 2. The van der Waals surface area contributed by atoms with Crippen molar-refractivity contribution in [2.24, 2.45) is 0 Å². The van der Waals surface area contributed by atoms with Gasteiger partial charge in [-0.25, -0.2) is 0 Å². The third kappa shape index (κ3) is 4.19. The number of anilines is 1. The predicted molar refractivity (Wildman–Crippen MR) is 105 cm³/mol. The highest BCUT2D eigenvalue weighted by molar-refractivity contribution is 6.42. The van der Waals surface area contributed by atoms with Gasteiger partial charge in [-0.2, -0.15) is 0 Å². The Morgan fingerprint density at radius 2 is 1.81 bits per heavy atom. The standard InChI is InChI=1S/C20H20Cl2N2O2/c1-14(25)24(17-6-7-18(21)19(22)12-17)11-9-20(26)23-10-8-15-4-2-3-5-16(15)13-23/h2-7,12H,8-11,13H2,1H3. The molecule has 0 radical (unpaired) electrons. The van der Waals surface area contributed by atoms with Crippen molar-refractivity contribution in [1.82, 2.24) is 4.90 Å². The molecule has 2 amide bonds. The number of amides is 2. The van der Waals surface area contributed by atoms with Crippen molar-refractivity contribution < 1.29 is 9.59 Å². The van der Waals surface area contributed by atoms with Crippen LogP contribution in [0.1, 0.15) is 24.5 Å². The van der Waals surface area contributed by atoms with Crippen molar-refractivity contribution in [2.45, 2.75) is 26.3 Å². The van der Waals surface area contributed by atoms with Crippen molar-refractivity contribution in [1.29, 1.82) is 0 Å². The van der Waals surface area contributed by atoms with Gasteiger partial charge in [-0.05, 0) is 35.7 Å². The Hall–Kier alpha value is -2.04. The number of carbonyl (C=O) groups excluding carboxylic acids is 2. The van der Waals surface area contributed by atoms with Crippen LogP contribution >= 0.6 is 23.2 Å². The number of fused-ring (bicyclic) bond motifs is 1. The summed E-state index contributed by atoms with van der Waals surface area (Å²) in [6, 6.07) is 13.2. The Morgan fingerprint density at radius 1 is 1.08 bits per heavy atom. The fraction of sp³-hybridized carbons (Fsp3) is 0.300. The first-order valence-corrected chi connectivity index (χ1v) is 9.29. The lowest BCUT2D eigenvalue weighted by atomic mass is 10.00. The van der Waals surface area contributed by atoms with Crippen molar-refractivity contribution in [3.8, 4) is 0 Å². The molecule has 0 aliphatic carbocycles. The Bertz CT molecular complexity index is 838. The van der Waals surface area contributed by atoms with Crippen LogP contribution in [0, 0.1) is 0 Å². The second-order valence-corrected chi connectivity index (χ2v) is 7.17. The molecule has 2 aromatic rings. The van der Waals surface area contributed by atoms with Gasteiger partial charge in [0.05, 0.1) is 10.0 Å². The summed E-state index contributed by atoms with van der Waals surface area (Å²) in [7, 11) is 0. The molecule has 0 saturated carbocycles. The Morgan fingerprint density at radius 3 is 2.50 bits per heavy atom. The quantitative estimate of drug-likeness (QED) is 0.779. The van der Waals surface area contributed by atoms with Crippen LogP contribution in [-0.2, 0) is 22.6 Å². The SMILES string of the molecule is CC(=O)N(CCC(=O)N1CCc2ccccc2C1)c1ccc(Cl)c(Cl)c1. The highest BCUT2D eigenvalue weighted by Crippen LogP contribution is 2.27. The lowest BCUT2D eigenvalue weighted by Gasteiger charge is -2.30. The molecule has 6 heteroatoms. The van der Waals surface area contributed by atoms with Crippen molar-refractivity contribution in [3.05, 3.63) is 63.6 Å². The van der Waals surface area contributed by atoms with Crippen molar-refractivity contribution in [3.63, 3.8) is 0 Å². The molecule has 0 fully saturated rings. The molecule has 1 aliphatic heterocycles. The third-order valence-corrected chi connectivity index (χ3v) is 5.37. The Kier molecular flexibility index (Phi) is 5.84. The minimum Gasteiger partial charge on any atom is -0.338 e. The number of hydrogen-bond donors (Lipinski definition) is 0. The number of benzene rings is 2. The average molecular weight is 391 g/mol. The van der Waals surface area contributed by atoms with Crippen LogP contribution in [0.25, 0.3) is 0 Å². The number of rotatable bonds is 4. The molecule has 136 valence electrons. The van der Waals surface area contributed by atoms with Crippen molar-refractivity contribution in [2.75, 3.05) is 18.0 Å². The molecule has 0 spiro atoms. The summed E-state index contributed by atoms with van der Waals surface area (Å²) in [5, 5.41) is 0.816. The van der Waals surface area contributed by atoms with Crippen LogP contribution in [0.3, 0.4) is 0 Å². The van der Waals surface area contributed by atoms with Gasteiger partial charge in [-0.15, -0.1) is 0 Å². The summed E-state index contributed by atoms with van der Waals surface area (Å²) in [5.41, 5.74) is 3.14. The summed E-state index contributed by atoms with van der Waals surface area (Å²) in [4.78, 5) is 28.1. The summed E-state index contributed by atoms with van der Waals surface area (Å²) >= 11 is 12.0. The fourth-order valence-corrected chi connectivity index (χ4v) is 3.49.